The van der Waals surface area contributed by atoms with Gasteiger partial charge < -0.3 is 5.73 Å². The summed E-state index contributed by atoms with van der Waals surface area (Å²) in [5, 5.41) is 0. The van der Waals surface area contributed by atoms with Crippen molar-refractivity contribution in [2.45, 2.75) is 45.7 Å². The van der Waals surface area contributed by atoms with Crippen LogP contribution in [0.1, 0.15) is 50.8 Å². The second-order valence-corrected chi connectivity index (χ2v) is 6.55. The highest BCUT2D eigenvalue weighted by Gasteiger charge is 2.27. The smallest absolute Gasteiger partial charge is 0.0471 e. The Bertz CT molecular complexity index is 427. The summed E-state index contributed by atoms with van der Waals surface area (Å²) in [4.78, 5) is 5.10. The number of nitrogens with two attached hydrogens (primary N) is 1. The van der Waals surface area contributed by atoms with Crippen molar-refractivity contribution in [1.29, 1.82) is 0 Å². The van der Waals surface area contributed by atoms with Crippen LogP contribution in [0.4, 0.5) is 0 Å². The van der Waals surface area contributed by atoms with Crippen molar-refractivity contribution in [3.63, 3.8) is 0 Å². The fourth-order valence-electron chi connectivity index (χ4n) is 3.38. The first-order valence-electron chi connectivity index (χ1n) is 8.34. The van der Waals surface area contributed by atoms with E-state index < -0.39 is 0 Å². The molecule has 0 saturated carbocycles. The topological polar surface area (TPSA) is 32.5 Å². The fraction of sp³-hybridized carbons (Fsp3) is 0.667. The van der Waals surface area contributed by atoms with Crippen molar-refractivity contribution in [3.8, 4) is 0 Å². The van der Waals surface area contributed by atoms with Crippen LogP contribution < -0.4 is 5.73 Å². The van der Waals surface area contributed by atoms with Gasteiger partial charge in [0.05, 0.1) is 0 Å². The van der Waals surface area contributed by atoms with Gasteiger partial charge in [0.25, 0.3) is 0 Å². The lowest BCUT2D eigenvalue weighted by molar-refractivity contribution is 0.0606. The number of nitrogens with zero attached hydrogens (tertiary/aromatic N) is 2. The molecule has 1 aromatic carbocycles. The number of benzene rings is 1. The molecule has 1 heterocycles. The highest BCUT2D eigenvalue weighted by atomic mass is 15.3. The standard InChI is InChI=1S/C18H31N3/c1-5-20-10-11-21(13-15(20)4)18(12-19)17-8-6-16(7-9-17)14(2)3/h6-9,14-15,18H,5,10-13,19H2,1-4H3. The van der Waals surface area contributed by atoms with Gasteiger partial charge >= 0.3 is 0 Å². The average molecular weight is 289 g/mol. The molecule has 0 amide bonds. The monoisotopic (exact) mass is 289 g/mol. The van der Waals surface area contributed by atoms with Gasteiger partial charge in [0, 0.05) is 38.3 Å². The molecule has 1 saturated heterocycles. The lowest BCUT2D eigenvalue weighted by Crippen LogP contribution is -2.53. The zero-order chi connectivity index (χ0) is 15.4. The molecule has 0 bridgehead atoms. The molecular formula is C18H31N3. The molecule has 3 heteroatoms. The van der Waals surface area contributed by atoms with E-state index in [1.807, 2.05) is 0 Å². The van der Waals surface area contributed by atoms with Crippen LogP contribution in [-0.4, -0.2) is 48.6 Å². The first-order valence-corrected chi connectivity index (χ1v) is 8.34. The molecule has 2 atom stereocenters. The third kappa shape index (κ3) is 3.85. The zero-order valence-corrected chi connectivity index (χ0v) is 14.0. The highest BCUT2D eigenvalue weighted by molar-refractivity contribution is 5.27. The summed E-state index contributed by atoms with van der Waals surface area (Å²) in [6, 6.07) is 10.0. The Morgan fingerprint density at radius 3 is 2.24 bits per heavy atom. The van der Waals surface area contributed by atoms with Gasteiger partial charge in [0.1, 0.15) is 0 Å². The molecule has 3 nitrogen and oxygen atoms in total. The number of likely N-dealkylation sites (N-methyl/N-ethyl adjacent to an activating group) is 1. The van der Waals surface area contributed by atoms with Gasteiger partial charge in [-0.25, -0.2) is 0 Å². The molecule has 1 aromatic rings. The van der Waals surface area contributed by atoms with Gasteiger partial charge in [-0.3, -0.25) is 9.80 Å². The van der Waals surface area contributed by atoms with Gasteiger partial charge in [-0.1, -0.05) is 45.0 Å². The maximum Gasteiger partial charge on any atom is 0.0471 e. The SMILES string of the molecule is CCN1CCN(C(CN)c2ccc(C(C)C)cc2)CC1C. The maximum absolute atomic E-state index is 6.09. The molecule has 1 aliphatic rings. The van der Waals surface area contributed by atoms with Gasteiger partial charge in [-0.2, -0.15) is 0 Å². The summed E-state index contributed by atoms with van der Waals surface area (Å²) in [6.45, 7) is 14.3. The second-order valence-electron chi connectivity index (χ2n) is 6.55. The zero-order valence-electron chi connectivity index (χ0n) is 14.0. The Labute approximate surface area is 130 Å². The molecular weight excluding hydrogens is 258 g/mol. The largest absolute Gasteiger partial charge is 0.329 e. The second kappa shape index (κ2) is 7.39. The minimum atomic E-state index is 0.354. The predicted octanol–water partition coefficient (Wildman–Crippen LogP) is 2.84. The van der Waals surface area contributed by atoms with Gasteiger partial charge in [0.15, 0.2) is 0 Å². The molecule has 0 aliphatic carbocycles. The summed E-state index contributed by atoms with van der Waals surface area (Å²) in [5.74, 6) is 0.587. The summed E-state index contributed by atoms with van der Waals surface area (Å²) in [6.07, 6.45) is 0. The van der Waals surface area contributed by atoms with Crippen molar-refractivity contribution >= 4 is 0 Å². The lowest BCUT2D eigenvalue weighted by Gasteiger charge is -2.42. The van der Waals surface area contributed by atoms with Crippen molar-refractivity contribution in [3.05, 3.63) is 35.4 Å². The van der Waals surface area contributed by atoms with Crippen LogP contribution in [0.5, 0.6) is 0 Å². The van der Waals surface area contributed by atoms with Crippen LogP contribution in [0.2, 0.25) is 0 Å². The molecule has 21 heavy (non-hydrogen) atoms. The van der Waals surface area contributed by atoms with E-state index in [9.17, 15) is 0 Å². The Balaban J connectivity index is 2.09. The summed E-state index contributed by atoms with van der Waals surface area (Å²) in [5.41, 5.74) is 8.85. The molecule has 2 unspecified atom stereocenters. The van der Waals surface area contributed by atoms with Crippen LogP contribution in [0.3, 0.4) is 0 Å². The van der Waals surface area contributed by atoms with Gasteiger partial charge in [-0.15, -0.1) is 0 Å². The minimum Gasteiger partial charge on any atom is -0.329 e. The third-order valence-electron chi connectivity index (χ3n) is 4.85. The van der Waals surface area contributed by atoms with E-state index in [1.54, 1.807) is 0 Å². The van der Waals surface area contributed by atoms with E-state index >= 15 is 0 Å². The fourth-order valence-corrected chi connectivity index (χ4v) is 3.38. The summed E-state index contributed by atoms with van der Waals surface area (Å²) >= 11 is 0. The van der Waals surface area contributed by atoms with Crippen LogP contribution >= 0.6 is 0 Å². The Hall–Kier alpha value is -0.900. The molecule has 1 fully saturated rings. The van der Waals surface area contributed by atoms with E-state index in [4.69, 9.17) is 5.73 Å². The average Bonchev–Trinajstić information content (AvgIpc) is 2.49. The first-order chi connectivity index (χ1) is 10.1. The number of hydrogen-bond donors (Lipinski definition) is 1. The van der Waals surface area contributed by atoms with Crippen LogP contribution in [0.25, 0.3) is 0 Å². The van der Waals surface area contributed by atoms with Crippen LogP contribution in [0.15, 0.2) is 24.3 Å². The third-order valence-corrected chi connectivity index (χ3v) is 4.85. The van der Waals surface area contributed by atoms with E-state index in [1.165, 1.54) is 11.1 Å². The highest BCUT2D eigenvalue weighted by Crippen LogP contribution is 2.25. The lowest BCUT2D eigenvalue weighted by atomic mass is 9.97. The normalized spacial score (nSPS) is 22.7. The molecule has 1 aliphatic heterocycles. The summed E-state index contributed by atoms with van der Waals surface area (Å²) < 4.78 is 0. The molecule has 0 spiro atoms. The van der Waals surface area contributed by atoms with E-state index in [2.05, 4.69) is 61.8 Å². The summed E-state index contributed by atoms with van der Waals surface area (Å²) in [7, 11) is 0. The number of piperazine rings is 1. The Morgan fingerprint density at radius 2 is 1.76 bits per heavy atom. The van der Waals surface area contributed by atoms with Crippen molar-refractivity contribution < 1.29 is 0 Å². The minimum absolute atomic E-state index is 0.354. The van der Waals surface area contributed by atoms with Gasteiger partial charge in [-0.05, 0) is 30.5 Å². The van der Waals surface area contributed by atoms with E-state index in [0.29, 0.717) is 24.5 Å². The van der Waals surface area contributed by atoms with E-state index in [0.717, 1.165) is 26.2 Å². The molecule has 0 aromatic heterocycles. The quantitative estimate of drug-likeness (QED) is 0.904. The van der Waals surface area contributed by atoms with Crippen molar-refractivity contribution in [2.75, 3.05) is 32.7 Å². The molecule has 118 valence electrons. The Kier molecular flexibility index (Phi) is 5.80. The van der Waals surface area contributed by atoms with Crippen molar-refractivity contribution in [1.82, 2.24) is 9.80 Å². The molecule has 2 N–H and O–H groups in total. The van der Waals surface area contributed by atoms with Gasteiger partial charge in [0.2, 0.25) is 0 Å². The number of hydrogen-bond acceptors (Lipinski definition) is 3. The maximum atomic E-state index is 6.09. The first kappa shape index (κ1) is 16.5. The van der Waals surface area contributed by atoms with Crippen LogP contribution in [-0.2, 0) is 0 Å². The number of rotatable bonds is 5. The van der Waals surface area contributed by atoms with Crippen molar-refractivity contribution in [2.24, 2.45) is 5.73 Å². The molecule has 0 radical (unpaired) electrons. The van der Waals surface area contributed by atoms with Crippen LogP contribution in [0, 0.1) is 0 Å². The van der Waals surface area contributed by atoms with E-state index in [-0.39, 0.29) is 0 Å². The Morgan fingerprint density at radius 1 is 1.14 bits per heavy atom. The predicted molar refractivity (Wildman–Crippen MR) is 90.6 cm³/mol. The molecule has 2 rings (SSSR count).